The Kier molecular flexibility index (Phi) is 5.00. The lowest BCUT2D eigenvalue weighted by Gasteiger charge is -2.02. The summed E-state index contributed by atoms with van der Waals surface area (Å²) in [5.74, 6) is 1.57. The van der Waals surface area contributed by atoms with Crippen molar-refractivity contribution in [2.75, 3.05) is 13.1 Å². The van der Waals surface area contributed by atoms with Crippen LogP contribution in [0.25, 0.3) is 11.3 Å². The number of nitrogens with zero attached hydrogens (tertiary/aromatic N) is 1. The Morgan fingerprint density at radius 2 is 2.21 bits per heavy atom. The van der Waals surface area contributed by atoms with Crippen LogP contribution < -0.4 is 5.32 Å². The maximum absolute atomic E-state index is 6.02. The number of benzene rings is 1. The van der Waals surface area contributed by atoms with E-state index >= 15 is 0 Å². The van der Waals surface area contributed by atoms with E-state index in [0.29, 0.717) is 5.02 Å². The van der Waals surface area contributed by atoms with Crippen molar-refractivity contribution < 1.29 is 4.42 Å². The molecule has 2 rings (SSSR count). The first-order chi connectivity index (χ1) is 9.20. The maximum Gasteiger partial charge on any atom is 0.194 e. The van der Waals surface area contributed by atoms with Crippen molar-refractivity contribution in [1.82, 2.24) is 10.3 Å². The highest BCUT2D eigenvalue weighted by Gasteiger charge is 2.09. The van der Waals surface area contributed by atoms with Crippen molar-refractivity contribution in [3.63, 3.8) is 0 Å². The quantitative estimate of drug-likeness (QED) is 0.816. The third-order valence-electron chi connectivity index (χ3n) is 3.01. The van der Waals surface area contributed by atoms with Crippen molar-refractivity contribution >= 4 is 11.6 Å². The van der Waals surface area contributed by atoms with Crippen molar-refractivity contribution in [3.8, 4) is 11.3 Å². The summed E-state index contributed by atoms with van der Waals surface area (Å²) in [5, 5.41) is 4.00. The van der Waals surface area contributed by atoms with Crippen molar-refractivity contribution in [3.05, 3.63) is 40.9 Å². The summed E-state index contributed by atoms with van der Waals surface area (Å²) in [7, 11) is 0. The largest absolute Gasteiger partial charge is 0.441 e. The lowest BCUT2D eigenvalue weighted by atomic mass is 10.1. The molecule has 0 saturated heterocycles. The number of hydrogen-bond acceptors (Lipinski definition) is 3. The zero-order valence-corrected chi connectivity index (χ0v) is 12.1. The van der Waals surface area contributed by atoms with Crippen LogP contribution in [0.1, 0.15) is 24.8 Å². The van der Waals surface area contributed by atoms with Crippen LogP contribution in [0.5, 0.6) is 0 Å². The molecule has 0 spiro atoms. The molecule has 0 aliphatic carbocycles. The average Bonchev–Trinajstić information content (AvgIpc) is 2.86. The van der Waals surface area contributed by atoms with Gasteiger partial charge in [-0.1, -0.05) is 24.6 Å². The SMILES string of the molecule is CCNCCCc1ncc(-c2cc(Cl)ccc2C)o1. The van der Waals surface area contributed by atoms with E-state index in [0.717, 1.165) is 48.7 Å². The fourth-order valence-corrected chi connectivity index (χ4v) is 2.12. The minimum absolute atomic E-state index is 0.714. The molecule has 0 bridgehead atoms. The molecule has 0 atom stereocenters. The van der Waals surface area contributed by atoms with Crippen molar-refractivity contribution in [2.45, 2.75) is 26.7 Å². The van der Waals surface area contributed by atoms with Crippen LogP contribution >= 0.6 is 11.6 Å². The van der Waals surface area contributed by atoms with Crippen LogP contribution in [0.15, 0.2) is 28.8 Å². The molecule has 0 aliphatic heterocycles. The molecule has 4 heteroatoms. The molecule has 0 radical (unpaired) electrons. The van der Waals surface area contributed by atoms with E-state index in [9.17, 15) is 0 Å². The standard InChI is InChI=1S/C15H19ClN2O/c1-3-17-8-4-5-15-18-10-14(19-15)13-9-12(16)7-6-11(13)2/h6-7,9-10,17H,3-5,8H2,1-2H3. The molecule has 1 aromatic carbocycles. The van der Waals surface area contributed by atoms with Crippen LogP contribution in [0.3, 0.4) is 0 Å². The molecular weight excluding hydrogens is 260 g/mol. The smallest absolute Gasteiger partial charge is 0.194 e. The van der Waals surface area contributed by atoms with Gasteiger partial charge in [-0.2, -0.15) is 0 Å². The minimum Gasteiger partial charge on any atom is -0.441 e. The fourth-order valence-electron chi connectivity index (χ4n) is 1.95. The first kappa shape index (κ1) is 14.1. The average molecular weight is 279 g/mol. The van der Waals surface area contributed by atoms with E-state index in [4.69, 9.17) is 16.0 Å². The third kappa shape index (κ3) is 3.82. The van der Waals surface area contributed by atoms with Gasteiger partial charge in [0.2, 0.25) is 0 Å². The Hall–Kier alpha value is -1.32. The second kappa shape index (κ2) is 6.73. The lowest BCUT2D eigenvalue weighted by Crippen LogP contribution is -2.14. The Morgan fingerprint density at radius 1 is 1.37 bits per heavy atom. The molecule has 102 valence electrons. The van der Waals surface area contributed by atoms with Crippen LogP contribution in [0, 0.1) is 6.92 Å². The molecular formula is C15H19ClN2O. The number of halogens is 1. The maximum atomic E-state index is 6.02. The third-order valence-corrected chi connectivity index (χ3v) is 3.25. The van der Waals surface area contributed by atoms with E-state index in [1.807, 2.05) is 25.1 Å². The molecule has 1 aromatic heterocycles. The monoisotopic (exact) mass is 278 g/mol. The second-order valence-electron chi connectivity index (χ2n) is 4.53. The summed E-state index contributed by atoms with van der Waals surface area (Å²) in [4.78, 5) is 4.32. The molecule has 0 saturated carbocycles. The molecule has 0 fully saturated rings. The van der Waals surface area contributed by atoms with Gasteiger partial charge in [-0.25, -0.2) is 4.98 Å². The Balaban J connectivity index is 2.06. The molecule has 0 unspecified atom stereocenters. The topological polar surface area (TPSA) is 38.1 Å². The van der Waals surface area contributed by atoms with Crippen molar-refractivity contribution in [2.24, 2.45) is 0 Å². The van der Waals surface area contributed by atoms with Crippen LogP contribution in [0.4, 0.5) is 0 Å². The van der Waals surface area contributed by atoms with Gasteiger partial charge in [0, 0.05) is 17.0 Å². The first-order valence-corrected chi connectivity index (χ1v) is 7.00. The summed E-state index contributed by atoms with van der Waals surface area (Å²) < 4.78 is 5.79. The first-order valence-electron chi connectivity index (χ1n) is 6.62. The Morgan fingerprint density at radius 3 is 3.00 bits per heavy atom. The van der Waals surface area contributed by atoms with E-state index in [1.165, 1.54) is 0 Å². The Bertz CT molecular complexity index is 537. The van der Waals surface area contributed by atoms with Gasteiger partial charge in [0.25, 0.3) is 0 Å². The van der Waals surface area contributed by atoms with Gasteiger partial charge in [-0.15, -0.1) is 0 Å². The molecule has 2 aromatic rings. The summed E-state index contributed by atoms with van der Waals surface area (Å²) in [6, 6.07) is 5.79. The summed E-state index contributed by atoms with van der Waals surface area (Å²) >= 11 is 6.02. The Labute approximate surface area is 119 Å². The molecule has 1 N–H and O–H groups in total. The van der Waals surface area contributed by atoms with Gasteiger partial charge >= 0.3 is 0 Å². The summed E-state index contributed by atoms with van der Waals surface area (Å²) in [5.41, 5.74) is 2.15. The van der Waals surface area contributed by atoms with Gasteiger partial charge in [-0.05, 0) is 44.1 Å². The van der Waals surface area contributed by atoms with E-state index < -0.39 is 0 Å². The zero-order valence-electron chi connectivity index (χ0n) is 11.4. The second-order valence-corrected chi connectivity index (χ2v) is 4.97. The van der Waals surface area contributed by atoms with Gasteiger partial charge in [0.15, 0.2) is 11.7 Å². The predicted molar refractivity (Wildman–Crippen MR) is 78.6 cm³/mol. The fraction of sp³-hybridized carbons (Fsp3) is 0.400. The molecule has 0 amide bonds. The number of hydrogen-bond donors (Lipinski definition) is 1. The number of oxazole rings is 1. The van der Waals surface area contributed by atoms with Gasteiger partial charge < -0.3 is 9.73 Å². The van der Waals surface area contributed by atoms with Crippen molar-refractivity contribution in [1.29, 1.82) is 0 Å². The number of rotatable bonds is 6. The van der Waals surface area contributed by atoms with E-state index in [1.54, 1.807) is 6.20 Å². The highest BCUT2D eigenvalue weighted by Crippen LogP contribution is 2.27. The van der Waals surface area contributed by atoms with Crippen LogP contribution in [-0.2, 0) is 6.42 Å². The van der Waals surface area contributed by atoms with Crippen LogP contribution in [0.2, 0.25) is 5.02 Å². The molecule has 1 heterocycles. The number of aromatic nitrogens is 1. The highest BCUT2D eigenvalue weighted by atomic mass is 35.5. The molecule has 0 aliphatic rings. The van der Waals surface area contributed by atoms with Gasteiger partial charge in [0.05, 0.1) is 6.20 Å². The molecule has 3 nitrogen and oxygen atoms in total. The lowest BCUT2D eigenvalue weighted by molar-refractivity contribution is 0.493. The van der Waals surface area contributed by atoms with Crippen LogP contribution in [-0.4, -0.2) is 18.1 Å². The highest BCUT2D eigenvalue weighted by molar-refractivity contribution is 6.30. The normalized spacial score (nSPS) is 10.9. The minimum atomic E-state index is 0.714. The summed E-state index contributed by atoms with van der Waals surface area (Å²) in [6.45, 7) is 6.13. The summed E-state index contributed by atoms with van der Waals surface area (Å²) in [6.07, 6.45) is 3.66. The predicted octanol–water partition coefficient (Wildman–Crippen LogP) is 3.85. The van der Waals surface area contributed by atoms with E-state index in [-0.39, 0.29) is 0 Å². The number of nitrogens with one attached hydrogen (secondary N) is 1. The molecule has 19 heavy (non-hydrogen) atoms. The van der Waals surface area contributed by atoms with E-state index in [2.05, 4.69) is 17.2 Å². The zero-order chi connectivity index (χ0) is 13.7. The van der Waals surface area contributed by atoms with Gasteiger partial charge in [-0.3, -0.25) is 0 Å². The van der Waals surface area contributed by atoms with Gasteiger partial charge in [0.1, 0.15) is 0 Å². The number of aryl methyl sites for hydroxylation is 2.